The molecule has 1 aliphatic rings. The van der Waals surface area contributed by atoms with Crippen molar-refractivity contribution in [2.45, 2.75) is 33.7 Å². The average molecular weight is 423 g/mol. The number of fused-ring (bicyclic) bond motifs is 1. The number of imide groups is 1. The summed E-state index contributed by atoms with van der Waals surface area (Å²) in [4.78, 5) is 51.3. The highest BCUT2D eigenvalue weighted by Crippen LogP contribution is 2.27. The lowest BCUT2D eigenvalue weighted by Gasteiger charge is -2.28. The van der Waals surface area contributed by atoms with Crippen molar-refractivity contribution in [2.24, 2.45) is 5.92 Å². The lowest BCUT2D eigenvalue weighted by Crippen LogP contribution is -2.56. The Hall–Kier alpha value is -3.68. The van der Waals surface area contributed by atoms with Gasteiger partial charge in [-0.15, -0.1) is 0 Å². The summed E-state index contributed by atoms with van der Waals surface area (Å²) in [7, 11) is 0. The lowest BCUT2D eigenvalue weighted by molar-refractivity contribution is -0.132. The molecule has 1 aliphatic heterocycles. The normalized spacial score (nSPS) is 13.8. The monoisotopic (exact) mass is 423 g/mol. The van der Waals surface area contributed by atoms with Crippen LogP contribution in [-0.2, 0) is 9.59 Å². The van der Waals surface area contributed by atoms with Crippen molar-refractivity contribution in [1.29, 1.82) is 0 Å². The molecule has 1 heterocycles. The molecule has 31 heavy (non-hydrogen) atoms. The van der Waals surface area contributed by atoms with Crippen LogP contribution >= 0.6 is 0 Å². The van der Waals surface area contributed by atoms with Crippen LogP contribution in [-0.4, -0.2) is 41.2 Å². The first-order valence-corrected chi connectivity index (χ1v) is 9.95. The van der Waals surface area contributed by atoms with Crippen molar-refractivity contribution >= 4 is 23.6 Å². The summed E-state index contributed by atoms with van der Waals surface area (Å²) >= 11 is 0. The summed E-state index contributed by atoms with van der Waals surface area (Å²) < 4.78 is 5.46. The number of hydrogen-bond acceptors (Lipinski definition) is 5. The van der Waals surface area contributed by atoms with E-state index in [1.54, 1.807) is 50.2 Å². The zero-order valence-corrected chi connectivity index (χ0v) is 17.9. The molecule has 0 saturated heterocycles. The van der Waals surface area contributed by atoms with Gasteiger partial charge in [-0.2, -0.15) is 0 Å². The third kappa shape index (κ3) is 4.74. The quantitative estimate of drug-likeness (QED) is 0.547. The van der Waals surface area contributed by atoms with Crippen molar-refractivity contribution in [3.05, 3.63) is 64.7 Å². The third-order valence-corrected chi connectivity index (χ3v) is 4.89. The van der Waals surface area contributed by atoms with E-state index in [1.165, 1.54) is 0 Å². The molecule has 0 unspecified atom stereocenters. The van der Waals surface area contributed by atoms with Crippen LogP contribution in [0.5, 0.6) is 5.75 Å². The van der Waals surface area contributed by atoms with E-state index in [0.717, 1.165) is 16.0 Å². The number of nitrogens with zero attached hydrogens (tertiary/aromatic N) is 1. The summed E-state index contributed by atoms with van der Waals surface area (Å²) in [6, 6.07) is 10.9. The fraction of sp³-hybridized carbons (Fsp3) is 0.304. The molecule has 8 nitrogen and oxygen atoms in total. The molecule has 8 heteroatoms. The molecule has 0 radical (unpaired) electrons. The van der Waals surface area contributed by atoms with E-state index in [4.69, 9.17) is 4.74 Å². The van der Waals surface area contributed by atoms with Gasteiger partial charge in [0, 0.05) is 0 Å². The Balaban J connectivity index is 1.62. The highest BCUT2D eigenvalue weighted by Gasteiger charge is 2.43. The molecule has 0 spiro atoms. The molecule has 0 saturated carbocycles. The molecular formula is C23H25N3O5. The van der Waals surface area contributed by atoms with E-state index in [9.17, 15) is 19.2 Å². The predicted molar refractivity (Wildman–Crippen MR) is 113 cm³/mol. The summed E-state index contributed by atoms with van der Waals surface area (Å²) in [5.74, 6) is -2.12. The number of aryl methyl sites for hydroxylation is 2. The Kier molecular flexibility index (Phi) is 6.39. The molecule has 2 N–H and O–H groups in total. The van der Waals surface area contributed by atoms with Crippen molar-refractivity contribution < 1.29 is 23.9 Å². The Morgan fingerprint density at radius 3 is 2.00 bits per heavy atom. The second kappa shape index (κ2) is 8.99. The number of ether oxygens (including phenoxy) is 1. The molecule has 0 aliphatic carbocycles. The summed E-state index contributed by atoms with van der Waals surface area (Å²) in [6.45, 7) is 6.98. The Labute approximate surface area is 180 Å². The third-order valence-electron chi connectivity index (χ3n) is 4.89. The Morgan fingerprint density at radius 1 is 0.935 bits per heavy atom. The van der Waals surface area contributed by atoms with E-state index in [1.807, 2.05) is 19.9 Å². The molecule has 4 amide bonds. The van der Waals surface area contributed by atoms with Gasteiger partial charge in [0.15, 0.2) is 6.61 Å². The van der Waals surface area contributed by atoms with Crippen LogP contribution in [0.3, 0.4) is 0 Å². The van der Waals surface area contributed by atoms with Crippen LogP contribution in [0.4, 0.5) is 0 Å². The topological polar surface area (TPSA) is 105 Å². The first kappa shape index (κ1) is 22.0. The minimum absolute atomic E-state index is 0.261. The summed E-state index contributed by atoms with van der Waals surface area (Å²) in [6.07, 6.45) is 0. The van der Waals surface area contributed by atoms with Gasteiger partial charge in [-0.25, -0.2) is 0 Å². The maximum Gasteiger partial charge on any atom is 0.276 e. The zero-order chi connectivity index (χ0) is 22.7. The van der Waals surface area contributed by atoms with E-state index in [-0.39, 0.29) is 23.7 Å². The van der Waals surface area contributed by atoms with E-state index >= 15 is 0 Å². The van der Waals surface area contributed by atoms with E-state index in [0.29, 0.717) is 5.75 Å². The highest BCUT2D eigenvalue weighted by molar-refractivity contribution is 6.22. The minimum atomic E-state index is -1.08. The second-order valence-corrected chi connectivity index (χ2v) is 7.86. The average Bonchev–Trinajstić information content (AvgIpc) is 2.95. The molecule has 0 fully saturated rings. The van der Waals surface area contributed by atoms with Gasteiger partial charge in [-0.3, -0.25) is 34.9 Å². The number of carbonyl (C=O) groups excluding carboxylic acids is 4. The molecule has 0 aromatic heterocycles. The predicted octanol–water partition coefficient (Wildman–Crippen LogP) is 2.15. The van der Waals surface area contributed by atoms with Crippen LogP contribution in [0.25, 0.3) is 0 Å². The number of hydrogen-bond donors (Lipinski definition) is 2. The molecule has 3 rings (SSSR count). The molecule has 1 atom stereocenters. The van der Waals surface area contributed by atoms with Crippen LogP contribution < -0.4 is 15.6 Å². The van der Waals surface area contributed by atoms with Gasteiger partial charge in [0.2, 0.25) is 0 Å². The molecule has 2 aromatic rings. The van der Waals surface area contributed by atoms with Crippen molar-refractivity contribution in [3.8, 4) is 5.75 Å². The van der Waals surface area contributed by atoms with Crippen LogP contribution in [0, 0.1) is 19.8 Å². The van der Waals surface area contributed by atoms with Gasteiger partial charge in [-0.1, -0.05) is 32.0 Å². The van der Waals surface area contributed by atoms with Crippen LogP contribution in [0.15, 0.2) is 42.5 Å². The molecular weight excluding hydrogens is 398 g/mol. The maximum atomic E-state index is 12.8. The second-order valence-electron chi connectivity index (χ2n) is 7.86. The highest BCUT2D eigenvalue weighted by atomic mass is 16.5. The Bertz CT molecular complexity index is 992. The van der Waals surface area contributed by atoms with Crippen LogP contribution in [0.2, 0.25) is 0 Å². The largest absolute Gasteiger partial charge is 0.484 e. The van der Waals surface area contributed by atoms with Gasteiger partial charge in [0.05, 0.1) is 11.1 Å². The maximum absolute atomic E-state index is 12.8. The summed E-state index contributed by atoms with van der Waals surface area (Å²) in [5, 5.41) is 0. The van der Waals surface area contributed by atoms with Crippen molar-refractivity contribution in [2.75, 3.05) is 6.61 Å². The van der Waals surface area contributed by atoms with Gasteiger partial charge < -0.3 is 4.74 Å². The zero-order valence-electron chi connectivity index (χ0n) is 17.9. The first-order valence-electron chi connectivity index (χ1n) is 9.95. The number of amides is 4. The molecule has 162 valence electrons. The number of rotatable bonds is 6. The summed E-state index contributed by atoms with van der Waals surface area (Å²) in [5.41, 5.74) is 7.11. The minimum Gasteiger partial charge on any atom is -0.484 e. The van der Waals surface area contributed by atoms with E-state index < -0.39 is 29.7 Å². The number of hydrazine groups is 1. The number of nitrogens with one attached hydrogen (secondary N) is 2. The fourth-order valence-electron chi connectivity index (χ4n) is 3.59. The lowest BCUT2D eigenvalue weighted by atomic mass is 10.0. The fourth-order valence-corrected chi connectivity index (χ4v) is 3.59. The van der Waals surface area contributed by atoms with Gasteiger partial charge >= 0.3 is 0 Å². The molecule has 2 aromatic carbocycles. The van der Waals surface area contributed by atoms with Gasteiger partial charge in [-0.05, 0) is 55.2 Å². The van der Waals surface area contributed by atoms with Crippen molar-refractivity contribution in [3.63, 3.8) is 0 Å². The van der Waals surface area contributed by atoms with Gasteiger partial charge in [0.1, 0.15) is 11.8 Å². The standard InChI is InChI=1S/C23H25N3O5/c1-13(2)20(26-22(29)17-7-5-6-8-18(17)23(26)30)21(28)25-24-19(27)12-31-16-10-14(3)9-15(4)11-16/h5-11,13,20H,12H2,1-4H3,(H,24,27)(H,25,28)/t20-/m1/s1. The van der Waals surface area contributed by atoms with Crippen LogP contribution in [0.1, 0.15) is 45.7 Å². The molecule has 0 bridgehead atoms. The Morgan fingerprint density at radius 2 is 1.48 bits per heavy atom. The SMILES string of the molecule is Cc1cc(C)cc(OCC(=O)NNC(=O)[C@@H](C(C)C)N2C(=O)c3ccccc3C2=O)c1. The van der Waals surface area contributed by atoms with Gasteiger partial charge in [0.25, 0.3) is 23.6 Å². The number of benzene rings is 2. The smallest absolute Gasteiger partial charge is 0.276 e. The van der Waals surface area contributed by atoms with Crippen molar-refractivity contribution in [1.82, 2.24) is 15.8 Å². The number of carbonyl (C=O) groups is 4. The van der Waals surface area contributed by atoms with E-state index in [2.05, 4.69) is 10.9 Å². The first-order chi connectivity index (χ1) is 14.7.